The molecule has 2 rings (SSSR count). The highest BCUT2D eigenvalue weighted by Crippen LogP contribution is 2.25. The van der Waals surface area contributed by atoms with Crippen molar-refractivity contribution in [2.24, 2.45) is 5.73 Å². The van der Waals surface area contributed by atoms with Gasteiger partial charge in [-0.3, -0.25) is 5.41 Å². The van der Waals surface area contributed by atoms with Crippen molar-refractivity contribution in [2.75, 3.05) is 32.1 Å². The van der Waals surface area contributed by atoms with Crippen LogP contribution >= 0.6 is 0 Å². The number of halogens is 1. The fourth-order valence-electron chi connectivity index (χ4n) is 2.62. The van der Waals surface area contributed by atoms with Gasteiger partial charge in [0, 0.05) is 30.4 Å². The largest absolute Gasteiger partial charge is 0.384 e. The number of hydrogen-bond donors (Lipinski definition) is 2. The predicted molar refractivity (Wildman–Crippen MR) is 76.3 cm³/mol. The molecule has 0 aromatic heterocycles. The molecule has 5 heteroatoms. The lowest BCUT2D eigenvalue weighted by Crippen LogP contribution is -2.42. The summed E-state index contributed by atoms with van der Waals surface area (Å²) in [5.41, 5.74) is 6.90. The number of nitrogens with zero attached hydrogens (tertiary/aromatic N) is 2. The molecular weight excluding hydrogens is 243 g/mol. The van der Waals surface area contributed by atoms with E-state index in [1.54, 1.807) is 6.07 Å². The molecule has 3 N–H and O–H groups in total. The topological polar surface area (TPSA) is 56.4 Å². The quantitative estimate of drug-likeness (QED) is 0.644. The first kappa shape index (κ1) is 13.8. The van der Waals surface area contributed by atoms with Gasteiger partial charge in [-0.15, -0.1) is 0 Å². The summed E-state index contributed by atoms with van der Waals surface area (Å²) >= 11 is 0. The Balaban J connectivity index is 2.17. The Morgan fingerprint density at radius 2 is 2.00 bits per heavy atom. The van der Waals surface area contributed by atoms with E-state index < -0.39 is 0 Å². The second-order valence-corrected chi connectivity index (χ2v) is 5.26. The fourth-order valence-corrected chi connectivity index (χ4v) is 2.62. The molecule has 0 unspecified atom stereocenters. The molecule has 1 saturated heterocycles. The van der Waals surface area contributed by atoms with Crippen molar-refractivity contribution < 1.29 is 4.39 Å². The summed E-state index contributed by atoms with van der Waals surface area (Å²) in [5, 5.41) is 7.58. The molecule has 1 aromatic rings. The van der Waals surface area contributed by atoms with Gasteiger partial charge in [-0.25, -0.2) is 4.39 Å². The first-order valence-electron chi connectivity index (χ1n) is 6.54. The van der Waals surface area contributed by atoms with Crippen molar-refractivity contribution in [3.8, 4) is 0 Å². The van der Waals surface area contributed by atoms with Crippen molar-refractivity contribution in [1.29, 1.82) is 5.41 Å². The van der Waals surface area contributed by atoms with Crippen LogP contribution in [0.15, 0.2) is 18.2 Å². The molecule has 0 atom stereocenters. The van der Waals surface area contributed by atoms with Gasteiger partial charge in [-0.2, -0.15) is 0 Å². The molecular formula is C14H21FN4. The monoisotopic (exact) mass is 264 g/mol. The predicted octanol–water partition coefficient (Wildman–Crippen LogP) is 1.64. The minimum atomic E-state index is -0.350. The molecule has 1 fully saturated rings. The van der Waals surface area contributed by atoms with Gasteiger partial charge in [0.15, 0.2) is 0 Å². The molecule has 104 valence electrons. The third kappa shape index (κ3) is 3.04. The molecule has 4 nitrogen and oxygen atoms in total. The summed E-state index contributed by atoms with van der Waals surface area (Å²) in [6.07, 6.45) is 2.14. The number of benzene rings is 1. The average Bonchev–Trinajstić information content (AvgIpc) is 2.38. The standard InChI is InChI=1S/C14H21FN4/c1-18(2)11-5-7-19(8-6-11)13-4-3-10(15)9-12(13)14(16)17/h3-4,9,11H,5-8H2,1-2H3,(H3,16,17). The third-order valence-corrected chi connectivity index (χ3v) is 3.78. The summed E-state index contributed by atoms with van der Waals surface area (Å²) in [7, 11) is 4.19. The van der Waals surface area contributed by atoms with Crippen molar-refractivity contribution in [3.63, 3.8) is 0 Å². The zero-order valence-corrected chi connectivity index (χ0v) is 11.5. The van der Waals surface area contributed by atoms with E-state index in [1.165, 1.54) is 12.1 Å². The van der Waals surface area contributed by atoms with Gasteiger partial charge < -0.3 is 15.5 Å². The van der Waals surface area contributed by atoms with Gasteiger partial charge >= 0.3 is 0 Å². The highest BCUT2D eigenvalue weighted by atomic mass is 19.1. The Bertz CT molecular complexity index is 465. The number of nitrogen functional groups attached to an aromatic ring is 1. The van der Waals surface area contributed by atoms with Gasteiger partial charge in [0.25, 0.3) is 0 Å². The van der Waals surface area contributed by atoms with Crippen molar-refractivity contribution in [2.45, 2.75) is 18.9 Å². The molecule has 1 heterocycles. The van der Waals surface area contributed by atoms with Crippen LogP contribution in [0.5, 0.6) is 0 Å². The Morgan fingerprint density at radius 3 is 2.53 bits per heavy atom. The first-order valence-corrected chi connectivity index (χ1v) is 6.54. The number of rotatable bonds is 3. The minimum Gasteiger partial charge on any atom is -0.384 e. The molecule has 0 bridgehead atoms. The zero-order valence-electron chi connectivity index (χ0n) is 11.5. The first-order chi connectivity index (χ1) is 8.99. The van der Waals surface area contributed by atoms with Gasteiger partial charge in [0.1, 0.15) is 11.7 Å². The second kappa shape index (κ2) is 5.57. The second-order valence-electron chi connectivity index (χ2n) is 5.26. The number of amidine groups is 1. The van der Waals surface area contributed by atoms with Crippen LogP contribution in [0, 0.1) is 11.2 Å². The maximum atomic E-state index is 13.3. The number of anilines is 1. The molecule has 0 saturated carbocycles. The molecule has 0 aliphatic carbocycles. The van der Waals surface area contributed by atoms with Gasteiger partial charge in [0.05, 0.1) is 0 Å². The highest BCUT2D eigenvalue weighted by Gasteiger charge is 2.22. The van der Waals surface area contributed by atoms with Crippen LogP contribution in [0.4, 0.5) is 10.1 Å². The van der Waals surface area contributed by atoms with Gasteiger partial charge in [-0.1, -0.05) is 0 Å². The van der Waals surface area contributed by atoms with Crippen LogP contribution in [-0.4, -0.2) is 44.0 Å². The van der Waals surface area contributed by atoms with E-state index >= 15 is 0 Å². The summed E-state index contributed by atoms with van der Waals surface area (Å²) in [6.45, 7) is 1.82. The minimum absolute atomic E-state index is 0.0794. The van der Waals surface area contributed by atoms with E-state index in [0.717, 1.165) is 31.6 Å². The number of nitrogens with two attached hydrogens (primary N) is 1. The zero-order chi connectivity index (χ0) is 14.0. The summed E-state index contributed by atoms with van der Waals surface area (Å²) in [4.78, 5) is 4.43. The lowest BCUT2D eigenvalue weighted by atomic mass is 10.0. The molecule has 19 heavy (non-hydrogen) atoms. The van der Waals surface area contributed by atoms with E-state index in [-0.39, 0.29) is 11.7 Å². The van der Waals surface area contributed by atoms with Crippen LogP contribution in [0.25, 0.3) is 0 Å². The molecule has 1 aliphatic heterocycles. The van der Waals surface area contributed by atoms with Crippen LogP contribution in [-0.2, 0) is 0 Å². The number of nitrogens with one attached hydrogen (secondary N) is 1. The van der Waals surface area contributed by atoms with E-state index in [9.17, 15) is 4.39 Å². The summed E-state index contributed by atoms with van der Waals surface area (Å²) in [5.74, 6) is -0.429. The number of hydrogen-bond acceptors (Lipinski definition) is 3. The summed E-state index contributed by atoms with van der Waals surface area (Å²) in [6, 6.07) is 5.09. The van der Waals surface area contributed by atoms with Crippen molar-refractivity contribution >= 4 is 11.5 Å². The van der Waals surface area contributed by atoms with Crippen molar-refractivity contribution in [1.82, 2.24) is 4.90 Å². The molecule has 1 aliphatic rings. The van der Waals surface area contributed by atoms with Crippen molar-refractivity contribution in [3.05, 3.63) is 29.6 Å². The maximum Gasteiger partial charge on any atom is 0.125 e. The SMILES string of the molecule is CN(C)C1CCN(c2ccc(F)cc2C(=N)N)CC1. The summed E-state index contributed by atoms with van der Waals surface area (Å²) < 4.78 is 13.3. The fraction of sp³-hybridized carbons (Fsp3) is 0.500. The molecule has 1 aromatic carbocycles. The Morgan fingerprint density at radius 1 is 1.37 bits per heavy atom. The molecule has 0 radical (unpaired) electrons. The molecule has 0 spiro atoms. The van der Waals surface area contributed by atoms with E-state index in [1.807, 2.05) is 0 Å². The average molecular weight is 264 g/mol. The highest BCUT2D eigenvalue weighted by molar-refractivity contribution is 6.00. The Kier molecular flexibility index (Phi) is 4.04. The third-order valence-electron chi connectivity index (χ3n) is 3.78. The van der Waals surface area contributed by atoms with Gasteiger partial charge in [0.2, 0.25) is 0 Å². The van der Waals surface area contributed by atoms with Crippen LogP contribution < -0.4 is 10.6 Å². The van der Waals surface area contributed by atoms with Crippen LogP contribution in [0.2, 0.25) is 0 Å². The van der Waals surface area contributed by atoms with Crippen LogP contribution in [0.1, 0.15) is 18.4 Å². The van der Waals surface area contributed by atoms with E-state index in [2.05, 4.69) is 23.9 Å². The molecule has 0 amide bonds. The Hall–Kier alpha value is -1.62. The smallest absolute Gasteiger partial charge is 0.125 e. The lowest BCUT2D eigenvalue weighted by molar-refractivity contribution is 0.249. The van der Waals surface area contributed by atoms with Gasteiger partial charge in [-0.05, 0) is 45.1 Å². The van der Waals surface area contributed by atoms with Crippen LogP contribution in [0.3, 0.4) is 0 Å². The van der Waals surface area contributed by atoms with E-state index in [0.29, 0.717) is 11.6 Å². The number of piperidine rings is 1. The normalized spacial score (nSPS) is 16.9. The lowest BCUT2D eigenvalue weighted by Gasteiger charge is -2.37. The van der Waals surface area contributed by atoms with E-state index in [4.69, 9.17) is 11.1 Å². The maximum absolute atomic E-state index is 13.3. The Labute approximate surface area is 113 Å².